The van der Waals surface area contributed by atoms with Gasteiger partial charge in [-0.15, -0.1) is 0 Å². The molecule has 9 nitrogen and oxygen atoms in total. The third-order valence-electron chi connectivity index (χ3n) is 6.95. The van der Waals surface area contributed by atoms with Crippen LogP contribution in [0.1, 0.15) is 30.9 Å². The first kappa shape index (κ1) is 22.6. The second-order valence-electron chi connectivity index (χ2n) is 9.37. The smallest absolute Gasteiger partial charge is 0.219 e. The SMILES string of the molecule is CC(=O)N1CCC(Nc2nccc3c(NCC(O)CN4CCc5ccccc5C4)n[nH]c23)CC1. The van der Waals surface area contributed by atoms with E-state index in [0.717, 1.165) is 68.0 Å². The van der Waals surface area contributed by atoms with Gasteiger partial charge in [-0.25, -0.2) is 4.98 Å². The van der Waals surface area contributed by atoms with Crippen LogP contribution >= 0.6 is 0 Å². The van der Waals surface area contributed by atoms with E-state index in [1.807, 2.05) is 11.0 Å². The van der Waals surface area contributed by atoms with E-state index in [1.54, 1.807) is 13.1 Å². The van der Waals surface area contributed by atoms with Crippen LogP contribution < -0.4 is 10.6 Å². The van der Waals surface area contributed by atoms with Crippen molar-refractivity contribution in [3.8, 4) is 0 Å². The van der Waals surface area contributed by atoms with Crippen molar-refractivity contribution < 1.29 is 9.90 Å². The Hall–Kier alpha value is -3.17. The average molecular weight is 464 g/mol. The van der Waals surface area contributed by atoms with Crippen LogP contribution in [0.25, 0.3) is 10.9 Å². The molecule has 1 saturated heterocycles. The molecule has 2 aromatic heterocycles. The van der Waals surface area contributed by atoms with Crippen molar-refractivity contribution in [1.29, 1.82) is 0 Å². The van der Waals surface area contributed by atoms with Gasteiger partial charge in [0.1, 0.15) is 5.52 Å². The quantitative estimate of drug-likeness (QED) is 0.425. The predicted molar refractivity (Wildman–Crippen MR) is 133 cm³/mol. The van der Waals surface area contributed by atoms with Crippen molar-refractivity contribution in [1.82, 2.24) is 25.0 Å². The van der Waals surface area contributed by atoms with Crippen molar-refractivity contribution in [2.45, 2.75) is 44.9 Å². The van der Waals surface area contributed by atoms with Gasteiger partial charge in [-0.05, 0) is 36.5 Å². The Morgan fingerprint density at radius 1 is 1.18 bits per heavy atom. The first-order valence-electron chi connectivity index (χ1n) is 12.1. The number of aliphatic hydroxyl groups is 1. The zero-order chi connectivity index (χ0) is 23.5. The average Bonchev–Trinajstić information content (AvgIpc) is 3.27. The van der Waals surface area contributed by atoms with Crippen LogP contribution in [0.2, 0.25) is 0 Å². The number of aliphatic hydroxyl groups excluding tert-OH is 1. The van der Waals surface area contributed by atoms with Crippen LogP contribution in [0.15, 0.2) is 36.5 Å². The molecule has 1 aromatic carbocycles. The molecule has 2 aliphatic heterocycles. The van der Waals surface area contributed by atoms with Gasteiger partial charge in [-0.1, -0.05) is 24.3 Å². The number of hydrogen-bond donors (Lipinski definition) is 4. The molecular formula is C25H33N7O2. The Morgan fingerprint density at radius 2 is 1.97 bits per heavy atom. The number of β-amino-alcohol motifs (C(OH)–C–C–N with tert-alkyl or cyclic N) is 1. The van der Waals surface area contributed by atoms with Crippen LogP contribution in [-0.4, -0.2) is 80.9 Å². The Kier molecular flexibility index (Phi) is 6.64. The lowest BCUT2D eigenvalue weighted by molar-refractivity contribution is -0.129. The standard InChI is InChI=1S/C25H33N7O2/c1-17(33)32-12-8-20(9-13-32)28-25-23-22(6-10-26-25)24(30-29-23)27-14-21(34)16-31-11-7-18-4-2-3-5-19(18)15-31/h2-6,10,20-21,34H,7-9,11-16H2,1H3,(H,26,28)(H2,27,29,30). The van der Waals surface area contributed by atoms with Crippen LogP contribution in [-0.2, 0) is 17.8 Å². The van der Waals surface area contributed by atoms with E-state index in [2.05, 4.69) is 55.0 Å². The zero-order valence-electron chi connectivity index (χ0n) is 19.6. The van der Waals surface area contributed by atoms with Gasteiger partial charge >= 0.3 is 0 Å². The molecule has 5 rings (SSSR count). The molecule has 0 spiro atoms. The number of anilines is 2. The molecule has 180 valence electrons. The molecule has 2 aliphatic rings. The van der Waals surface area contributed by atoms with E-state index in [1.165, 1.54) is 11.1 Å². The fourth-order valence-electron chi connectivity index (χ4n) is 5.01. The summed E-state index contributed by atoms with van der Waals surface area (Å²) < 4.78 is 0. The molecule has 34 heavy (non-hydrogen) atoms. The summed E-state index contributed by atoms with van der Waals surface area (Å²) in [5.41, 5.74) is 3.62. The number of likely N-dealkylation sites (tertiary alicyclic amines) is 1. The number of fused-ring (bicyclic) bond motifs is 2. The highest BCUT2D eigenvalue weighted by Crippen LogP contribution is 2.27. The Morgan fingerprint density at radius 3 is 2.76 bits per heavy atom. The Labute approximate surface area is 199 Å². The maximum atomic E-state index is 11.6. The number of piperidine rings is 1. The summed E-state index contributed by atoms with van der Waals surface area (Å²) in [5, 5.41) is 26.0. The highest BCUT2D eigenvalue weighted by molar-refractivity contribution is 5.96. The molecule has 4 N–H and O–H groups in total. The van der Waals surface area contributed by atoms with E-state index < -0.39 is 6.10 Å². The van der Waals surface area contributed by atoms with Crippen LogP contribution in [0.5, 0.6) is 0 Å². The lowest BCUT2D eigenvalue weighted by atomic mass is 10.00. The fraction of sp³-hybridized carbons (Fsp3) is 0.480. The van der Waals surface area contributed by atoms with Crippen LogP contribution in [0.4, 0.5) is 11.6 Å². The normalized spacial score (nSPS) is 18.0. The molecule has 3 aromatic rings. The van der Waals surface area contributed by atoms with E-state index in [-0.39, 0.29) is 11.9 Å². The number of nitrogens with zero attached hydrogens (tertiary/aromatic N) is 4. The van der Waals surface area contributed by atoms with Gasteiger partial charge < -0.3 is 20.6 Å². The van der Waals surface area contributed by atoms with Crippen molar-refractivity contribution in [3.05, 3.63) is 47.7 Å². The lowest BCUT2D eigenvalue weighted by Gasteiger charge is -2.32. The third kappa shape index (κ3) is 5.00. The maximum absolute atomic E-state index is 11.6. The summed E-state index contributed by atoms with van der Waals surface area (Å²) >= 11 is 0. The first-order valence-corrected chi connectivity index (χ1v) is 12.1. The molecule has 0 radical (unpaired) electrons. The second-order valence-corrected chi connectivity index (χ2v) is 9.37. The van der Waals surface area contributed by atoms with Crippen molar-refractivity contribution in [2.75, 3.05) is 43.4 Å². The van der Waals surface area contributed by atoms with Gasteiger partial charge in [0.05, 0.1) is 6.10 Å². The molecule has 4 heterocycles. The molecule has 0 aliphatic carbocycles. The summed E-state index contributed by atoms with van der Waals surface area (Å²) in [6.07, 6.45) is 4.09. The summed E-state index contributed by atoms with van der Waals surface area (Å²) in [4.78, 5) is 20.3. The second kappa shape index (κ2) is 9.99. The van der Waals surface area contributed by atoms with E-state index >= 15 is 0 Å². The van der Waals surface area contributed by atoms with Gasteiger partial charge in [0.25, 0.3) is 0 Å². The number of H-pyrrole nitrogens is 1. The van der Waals surface area contributed by atoms with Gasteiger partial charge in [0.2, 0.25) is 5.91 Å². The number of benzene rings is 1. The molecule has 0 saturated carbocycles. The highest BCUT2D eigenvalue weighted by atomic mass is 16.3. The minimum Gasteiger partial charge on any atom is -0.390 e. The molecule has 1 fully saturated rings. The van der Waals surface area contributed by atoms with Gasteiger partial charge in [0.15, 0.2) is 11.6 Å². The number of amides is 1. The monoisotopic (exact) mass is 463 g/mol. The topological polar surface area (TPSA) is 109 Å². The van der Waals surface area contributed by atoms with Gasteiger partial charge in [-0.2, -0.15) is 5.10 Å². The molecule has 1 unspecified atom stereocenters. The van der Waals surface area contributed by atoms with Crippen LogP contribution in [0.3, 0.4) is 0 Å². The number of aromatic nitrogens is 3. The molecule has 1 amide bonds. The van der Waals surface area contributed by atoms with Crippen molar-refractivity contribution in [3.63, 3.8) is 0 Å². The molecule has 9 heteroatoms. The van der Waals surface area contributed by atoms with E-state index in [0.29, 0.717) is 13.1 Å². The summed E-state index contributed by atoms with van der Waals surface area (Å²) in [6.45, 7) is 6.04. The van der Waals surface area contributed by atoms with E-state index in [9.17, 15) is 9.90 Å². The first-order chi connectivity index (χ1) is 16.6. The largest absolute Gasteiger partial charge is 0.390 e. The number of carbonyl (C=O) groups is 1. The Bertz CT molecular complexity index is 1140. The number of nitrogens with one attached hydrogen (secondary N) is 3. The number of aromatic amines is 1. The summed E-state index contributed by atoms with van der Waals surface area (Å²) in [7, 11) is 0. The van der Waals surface area contributed by atoms with Crippen molar-refractivity contribution in [2.24, 2.45) is 0 Å². The number of carbonyl (C=O) groups excluding carboxylic acids is 1. The van der Waals surface area contributed by atoms with Gasteiger partial charge in [-0.3, -0.25) is 14.8 Å². The molecule has 0 bridgehead atoms. The highest BCUT2D eigenvalue weighted by Gasteiger charge is 2.22. The predicted octanol–water partition coefficient (Wildman–Crippen LogP) is 2.21. The molecule has 1 atom stereocenters. The minimum absolute atomic E-state index is 0.134. The van der Waals surface area contributed by atoms with Crippen molar-refractivity contribution >= 4 is 28.4 Å². The van der Waals surface area contributed by atoms with E-state index in [4.69, 9.17) is 0 Å². The third-order valence-corrected chi connectivity index (χ3v) is 6.95. The lowest BCUT2D eigenvalue weighted by Crippen LogP contribution is -2.41. The number of rotatable bonds is 7. The summed E-state index contributed by atoms with van der Waals surface area (Å²) in [5.74, 6) is 1.62. The Balaban J connectivity index is 1.16. The maximum Gasteiger partial charge on any atom is 0.219 e. The van der Waals surface area contributed by atoms with Crippen LogP contribution in [0, 0.1) is 0 Å². The molecular weight excluding hydrogens is 430 g/mol. The minimum atomic E-state index is -0.497. The number of hydrogen-bond acceptors (Lipinski definition) is 7. The summed E-state index contributed by atoms with van der Waals surface area (Å²) in [6, 6.07) is 10.7. The zero-order valence-corrected chi connectivity index (χ0v) is 19.6. The number of pyridine rings is 1. The van der Waals surface area contributed by atoms with Gasteiger partial charge in [0, 0.05) is 63.8 Å². The fourth-order valence-corrected chi connectivity index (χ4v) is 5.01.